The van der Waals surface area contributed by atoms with Crippen molar-refractivity contribution in [1.82, 2.24) is 15.3 Å². The van der Waals surface area contributed by atoms with Gasteiger partial charge in [0.25, 0.3) is 0 Å². The Bertz CT molecular complexity index is 328. The van der Waals surface area contributed by atoms with E-state index in [0.29, 0.717) is 11.8 Å². The SMILES string of the molecule is CCNc1nccc(NCC(=O)NC)n1. The van der Waals surface area contributed by atoms with Gasteiger partial charge in [0.1, 0.15) is 5.82 Å². The lowest BCUT2D eigenvalue weighted by Gasteiger charge is -2.06. The molecule has 0 aromatic carbocycles. The van der Waals surface area contributed by atoms with Crippen molar-refractivity contribution >= 4 is 17.7 Å². The molecule has 82 valence electrons. The molecule has 0 aliphatic heterocycles. The van der Waals surface area contributed by atoms with E-state index in [0.717, 1.165) is 6.54 Å². The fourth-order valence-corrected chi connectivity index (χ4v) is 0.960. The number of hydrogen-bond donors (Lipinski definition) is 3. The Balaban J connectivity index is 2.53. The number of aromatic nitrogens is 2. The fraction of sp³-hybridized carbons (Fsp3) is 0.444. The van der Waals surface area contributed by atoms with Crippen molar-refractivity contribution in [3.63, 3.8) is 0 Å². The van der Waals surface area contributed by atoms with Gasteiger partial charge < -0.3 is 16.0 Å². The average Bonchev–Trinajstić information content (AvgIpc) is 2.27. The Labute approximate surface area is 88.5 Å². The summed E-state index contributed by atoms with van der Waals surface area (Å²) in [7, 11) is 1.59. The molecule has 0 fully saturated rings. The van der Waals surface area contributed by atoms with Crippen LogP contribution in [-0.2, 0) is 4.79 Å². The zero-order valence-corrected chi connectivity index (χ0v) is 8.87. The molecule has 0 atom stereocenters. The maximum absolute atomic E-state index is 11.0. The van der Waals surface area contributed by atoms with Gasteiger partial charge in [-0.3, -0.25) is 4.79 Å². The van der Waals surface area contributed by atoms with Gasteiger partial charge in [-0.15, -0.1) is 0 Å². The maximum atomic E-state index is 11.0. The lowest BCUT2D eigenvalue weighted by atomic mass is 10.5. The van der Waals surface area contributed by atoms with Gasteiger partial charge in [-0.05, 0) is 13.0 Å². The molecule has 1 rings (SSSR count). The van der Waals surface area contributed by atoms with E-state index in [1.807, 2.05) is 6.92 Å². The summed E-state index contributed by atoms with van der Waals surface area (Å²) in [5.41, 5.74) is 0. The summed E-state index contributed by atoms with van der Waals surface area (Å²) < 4.78 is 0. The minimum Gasteiger partial charge on any atom is -0.361 e. The van der Waals surface area contributed by atoms with Crippen LogP contribution >= 0.6 is 0 Å². The van der Waals surface area contributed by atoms with Gasteiger partial charge in [-0.2, -0.15) is 4.98 Å². The van der Waals surface area contributed by atoms with Crippen molar-refractivity contribution in [1.29, 1.82) is 0 Å². The number of carbonyl (C=O) groups excluding carboxylic acids is 1. The molecule has 6 nitrogen and oxygen atoms in total. The first-order valence-corrected chi connectivity index (χ1v) is 4.77. The predicted molar refractivity (Wildman–Crippen MR) is 58.8 cm³/mol. The van der Waals surface area contributed by atoms with Crippen LogP contribution in [0.25, 0.3) is 0 Å². The number of anilines is 2. The summed E-state index contributed by atoms with van der Waals surface area (Å²) in [5, 5.41) is 8.39. The summed E-state index contributed by atoms with van der Waals surface area (Å²) in [6.45, 7) is 2.94. The van der Waals surface area contributed by atoms with Gasteiger partial charge >= 0.3 is 0 Å². The summed E-state index contributed by atoms with van der Waals surface area (Å²) in [6.07, 6.45) is 1.64. The molecule has 0 unspecified atom stereocenters. The van der Waals surface area contributed by atoms with E-state index in [4.69, 9.17) is 0 Å². The molecule has 1 aromatic heterocycles. The van der Waals surface area contributed by atoms with E-state index in [1.165, 1.54) is 0 Å². The van der Waals surface area contributed by atoms with Gasteiger partial charge in [0.15, 0.2) is 0 Å². The van der Waals surface area contributed by atoms with Gasteiger partial charge in [0, 0.05) is 19.8 Å². The van der Waals surface area contributed by atoms with Crippen molar-refractivity contribution < 1.29 is 4.79 Å². The molecule has 0 aliphatic rings. The second kappa shape index (κ2) is 5.79. The van der Waals surface area contributed by atoms with Crippen LogP contribution in [0.2, 0.25) is 0 Å². The third-order valence-corrected chi connectivity index (χ3v) is 1.70. The summed E-state index contributed by atoms with van der Waals surface area (Å²) in [4.78, 5) is 19.1. The van der Waals surface area contributed by atoms with Gasteiger partial charge in [-0.25, -0.2) is 4.98 Å². The van der Waals surface area contributed by atoms with E-state index in [-0.39, 0.29) is 12.5 Å². The highest BCUT2D eigenvalue weighted by Crippen LogP contribution is 2.04. The molecule has 0 aliphatic carbocycles. The predicted octanol–water partition coefficient (Wildman–Crippen LogP) is 0.0663. The van der Waals surface area contributed by atoms with Gasteiger partial charge in [0.05, 0.1) is 6.54 Å². The first-order valence-electron chi connectivity index (χ1n) is 4.77. The standard InChI is InChI=1S/C9H15N5O/c1-3-11-9-12-5-4-7(14-9)13-6-8(15)10-2/h4-5H,3,6H2,1-2H3,(H,10,15)(H2,11,12,13,14). The average molecular weight is 209 g/mol. The zero-order valence-electron chi connectivity index (χ0n) is 8.87. The number of rotatable bonds is 5. The third kappa shape index (κ3) is 3.80. The molecule has 3 N–H and O–H groups in total. The topological polar surface area (TPSA) is 78.9 Å². The highest BCUT2D eigenvalue weighted by Gasteiger charge is 2.00. The summed E-state index contributed by atoms with van der Waals surface area (Å²) in [5.74, 6) is 1.10. The van der Waals surface area contributed by atoms with E-state index in [2.05, 4.69) is 25.9 Å². The molecular weight excluding hydrogens is 194 g/mol. The molecule has 15 heavy (non-hydrogen) atoms. The van der Waals surface area contributed by atoms with Crippen molar-refractivity contribution in [3.05, 3.63) is 12.3 Å². The van der Waals surface area contributed by atoms with Crippen LogP contribution in [0.15, 0.2) is 12.3 Å². The number of likely N-dealkylation sites (N-methyl/N-ethyl adjacent to an activating group) is 1. The number of hydrogen-bond acceptors (Lipinski definition) is 5. The van der Waals surface area contributed by atoms with Crippen molar-refractivity contribution in [2.45, 2.75) is 6.92 Å². The third-order valence-electron chi connectivity index (χ3n) is 1.70. The Morgan fingerprint density at radius 3 is 2.93 bits per heavy atom. The molecule has 0 spiro atoms. The van der Waals surface area contributed by atoms with E-state index in [1.54, 1.807) is 19.3 Å². The smallest absolute Gasteiger partial charge is 0.239 e. The van der Waals surface area contributed by atoms with Crippen LogP contribution in [0.4, 0.5) is 11.8 Å². The molecule has 0 saturated carbocycles. The Kier molecular flexibility index (Phi) is 4.33. The monoisotopic (exact) mass is 209 g/mol. The summed E-state index contributed by atoms with van der Waals surface area (Å²) in [6, 6.07) is 1.71. The molecule has 1 aromatic rings. The highest BCUT2D eigenvalue weighted by molar-refractivity contribution is 5.80. The van der Waals surface area contributed by atoms with Gasteiger partial charge in [0.2, 0.25) is 11.9 Å². The highest BCUT2D eigenvalue weighted by atomic mass is 16.1. The van der Waals surface area contributed by atoms with Crippen LogP contribution in [0, 0.1) is 0 Å². The quantitative estimate of drug-likeness (QED) is 0.639. The van der Waals surface area contributed by atoms with Crippen molar-refractivity contribution in [2.75, 3.05) is 30.8 Å². The number of nitrogens with one attached hydrogen (secondary N) is 3. The molecule has 0 bridgehead atoms. The number of carbonyl (C=O) groups is 1. The second-order valence-electron chi connectivity index (χ2n) is 2.82. The summed E-state index contributed by atoms with van der Waals surface area (Å²) >= 11 is 0. The van der Waals surface area contributed by atoms with E-state index >= 15 is 0 Å². The van der Waals surface area contributed by atoms with Gasteiger partial charge in [-0.1, -0.05) is 0 Å². The number of amides is 1. The lowest BCUT2D eigenvalue weighted by Crippen LogP contribution is -2.26. The van der Waals surface area contributed by atoms with Crippen LogP contribution in [0.1, 0.15) is 6.92 Å². The van der Waals surface area contributed by atoms with Crippen LogP contribution in [-0.4, -0.2) is 36.0 Å². The Morgan fingerprint density at radius 1 is 1.47 bits per heavy atom. The normalized spacial score (nSPS) is 9.47. The Hall–Kier alpha value is -1.85. The second-order valence-corrected chi connectivity index (χ2v) is 2.82. The Morgan fingerprint density at radius 2 is 2.27 bits per heavy atom. The number of nitrogens with zero attached hydrogens (tertiary/aromatic N) is 2. The molecule has 6 heteroatoms. The van der Waals surface area contributed by atoms with E-state index in [9.17, 15) is 4.79 Å². The van der Waals surface area contributed by atoms with Crippen molar-refractivity contribution in [3.8, 4) is 0 Å². The van der Waals surface area contributed by atoms with Crippen LogP contribution in [0.3, 0.4) is 0 Å². The minimum absolute atomic E-state index is 0.0846. The largest absolute Gasteiger partial charge is 0.361 e. The van der Waals surface area contributed by atoms with E-state index < -0.39 is 0 Å². The fourth-order valence-electron chi connectivity index (χ4n) is 0.960. The zero-order chi connectivity index (χ0) is 11.1. The van der Waals surface area contributed by atoms with Crippen LogP contribution in [0.5, 0.6) is 0 Å². The maximum Gasteiger partial charge on any atom is 0.239 e. The molecule has 0 saturated heterocycles. The first-order chi connectivity index (χ1) is 7.26. The first kappa shape index (κ1) is 11.2. The molecular formula is C9H15N5O. The minimum atomic E-state index is -0.0846. The van der Waals surface area contributed by atoms with Crippen molar-refractivity contribution in [2.24, 2.45) is 0 Å². The molecule has 1 heterocycles. The van der Waals surface area contributed by atoms with Crippen LogP contribution < -0.4 is 16.0 Å². The molecule has 1 amide bonds. The molecule has 0 radical (unpaired) electrons. The lowest BCUT2D eigenvalue weighted by molar-refractivity contribution is -0.118.